The number of aryl methyl sites for hydroxylation is 1. The van der Waals surface area contributed by atoms with Crippen LogP contribution in [-0.2, 0) is 6.54 Å². The van der Waals surface area contributed by atoms with Gasteiger partial charge in [-0.25, -0.2) is 0 Å². The highest BCUT2D eigenvalue weighted by atomic mass is 16.3. The Hall–Kier alpha value is -2.89. The van der Waals surface area contributed by atoms with Crippen LogP contribution in [0, 0.1) is 13.8 Å². The Bertz CT molecular complexity index is 792. The van der Waals surface area contributed by atoms with E-state index in [-0.39, 0.29) is 5.91 Å². The van der Waals surface area contributed by atoms with Gasteiger partial charge in [0.2, 0.25) is 0 Å². The Labute approximate surface area is 134 Å². The van der Waals surface area contributed by atoms with E-state index in [4.69, 9.17) is 4.42 Å². The molecule has 0 aliphatic rings. The molecule has 0 fully saturated rings. The number of amides is 1. The summed E-state index contributed by atoms with van der Waals surface area (Å²) in [6, 6.07) is 7.16. The van der Waals surface area contributed by atoms with Gasteiger partial charge in [-0.05, 0) is 38.1 Å². The van der Waals surface area contributed by atoms with E-state index in [1.807, 2.05) is 30.7 Å². The summed E-state index contributed by atoms with van der Waals surface area (Å²) in [6.45, 7) is 5.06. The number of hydrogen-bond acceptors (Lipinski definition) is 4. The molecule has 0 aromatic carbocycles. The average molecular weight is 310 g/mol. The molecule has 23 heavy (non-hydrogen) atoms. The Balaban J connectivity index is 1.65. The van der Waals surface area contributed by atoms with Gasteiger partial charge in [0.1, 0.15) is 5.76 Å². The van der Waals surface area contributed by atoms with E-state index in [0.717, 1.165) is 22.7 Å². The number of hydrogen-bond donors (Lipinski definition) is 1. The zero-order valence-electron chi connectivity index (χ0n) is 13.1. The highest BCUT2D eigenvalue weighted by Crippen LogP contribution is 2.26. The van der Waals surface area contributed by atoms with E-state index >= 15 is 0 Å². The van der Waals surface area contributed by atoms with Crippen molar-refractivity contribution in [2.24, 2.45) is 0 Å². The maximum atomic E-state index is 12.0. The van der Waals surface area contributed by atoms with E-state index in [1.165, 1.54) is 0 Å². The summed E-state index contributed by atoms with van der Waals surface area (Å²) in [4.78, 5) is 15.9. The lowest BCUT2D eigenvalue weighted by Crippen LogP contribution is -2.27. The molecule has 0 saturated heterocycles. The van der Waals surface area contributed by atoms with Gasteiger partial charge >= 0.3 is 0 Å². The van der Waals surface area contributed by atoms with Crippen molar-refractivity contribution < 1.29 is 9.21 Å². The first-order chi connectivity index (χ1) is 11.2. The van der Waals surface area contributed by atoms with Crippen molar-refractivity contribution in [3.8, 4) is 11.3 Å². The lowest BCUT2D eigenvalue weighted by molar-refractivity contribution is 0.0951. The van der Waals surface area contributed by atoms with Crippen molar-refractivity contribution >= 4 is 5.91 Å². The number of carbonyl (C=O) groups is 1. The van der Waals surface area contributed by atoms with E-state index in [0.29, 0.717) is 18.7 Å². The summed E-state index contributed by atoms with van der Waals surface area (Å²) in [5, 5.41) is 7.42. The fourth-order valence-corrected chi connectivity index (χ4v) is 2.57. The Morgan fingerprint density at radius 3 is 2.74 bits per heavy atom. The molecule has 0 spiro atoms. The second-order valence-electron chi connectivity index (χ2n) is 5.24. The number of nitrogens with one attached hydrogen (secondary N) is 1. The SMILES string of the molecule is Cc1nn(CCNC(=O)c2ccncc2)c(C)c1-c1ccco1. The van der Waals surface area contributed by atoms with Crippen LogP contribution in [0.4, 0.5) is 0 Å². The summed E-state index contributed by atoms with van der Waals surface area (Å²) < 4.78 is 7.35. The maximum absolute atomic E-state index is 12.0. The molecular weight excluding hydrogens is 292 g/mol. The van der Waals surface area contributed by atoms with Crippen molar-refractivity contribution in [3.05, 3.63) is 59.9 Å². The van der Waals surface area contributed by atoms with Gasteiger partial charge in [-0.3, -0.25) is 14.5 Å². The number of aromatic nitrogens is 3. The number of nitrogens with zero attached hydrogens (tertiary/aromatic N) is 3. The topological polar surface area (TPSA) is 73.0 Å². The minimum Gasteiger partial charge on any atom is -0.464 e. The van der Waals surface area contributed by atoms with Gasteiger partial charge in [0.15, 0.2) is 0 Å². The maximum Gasteiger partial charge on any atom is 0.251 e. The summed E-state index contributed by atoms with van der Waals surface area (Å²) in [7, 11) is 0. The minimum absolute atomic E-state index is 0.111. The van der Waals surface area contributed by atoms with Gasteiger partial charge in [-0.2, -0.15) is 5.10 Å². The van der Waals surface area contributed by atoms with Crippen LogP contribution in [0.25, 0.3) is 11.3 Å². The van der Waals surface area contributed by atoms with E-state index in [9.17, 15) is 4.79 Å². The van der Waals surface area contributed by atoms with E-state index < -0.39 is 0 Å². The van der Waals surface area contributed by atoms with E-state index in [1.54, 1.807) is 30.8 Å². The molecule has 1 N–H and O–H groups in total. The predicted molar refractivity (Wildman–Crippen MR) is 86.0 cm³/mol. The summed E-state index contributed by atoms with van der Waals surface area (Å²) in [5.41, 5.74) is 3.55. The minimum atomic E-state index is -0.111. The van der Waals surface area contributed by atoms with Gasteiger partial charge in [-0.1, -0.05) is 0 Å². The van der Waals surface area contributed by atoms with E-state index in [2.05, 4.69) is 15.4 Å². The first-order valence-corrected chi connectivity index (χ1v) is 7.43. The monoisotopic (exact) mass is 310 g/mol. The van der Waals surface area contributed by atoms with Gasteiger partial charge in [0, 0.05) is 30.2 Å². The second kappa shape index (κ2) is 6.48. The standard InChI is InChI=1S/C17H18N4O2/c1-12-16(15-4-3-11-23-15)13(2)21(20-12)10-9-19-17(22)14-5-7-18-8-6-14/h3-8,11H,9-10H2,1-2H3,(H,19,22). The lowest BCUT2D eigenvalue weighted by atomic mass is 10.1. The number of furan rings is 1. The van der Waals surface area contributed by atoms with Crippen LogP contribution >= 0.6 is 0 Å². The van der Waals surface area contributed by atoms with Crippen LogP contribution in [0.2, 0.25) is 0 Å². The van der Waals surface area contributed by atoms with Crippen LogP contribution < -0.4 is 5.32 Å². The quantitative estimate of drug-likeness (QED) is 0.786. The highest BCUT2D eigenvalue weighted by molar-refractivity contribution is 5.93. The molecule has 0 saturated carbocycles. The number of carbonyl (C=O) groups excluding carboxylic acids is 1. The molecule has 1 amide bonds. The summed E-state index contributed by atoms with van der Waals surface area (Å²) >= 11 is 0. The van der Waals surface area contributed by atoms with Gasteiger partial charge < -0.3 is 9.73 Å². The predicted octanol–water partition coefficient (Wildman–Crippen LogP) is 2.58. The second-order valence-corrected chi connectivity index (χ2v) is 5.24. The molecule has 3 rings (SSSR count). The Morgan fingerprint density at radius 2 is 2.04 bits per heavy atom. The average Bonchev–Trinajstić information content (AvgIpc) is 3.17. The van der Waals surface area contributed by atoms with Crippen molar-refractivity contribution in [2.75, 3.05) is 6.54 Å². The lowest BCUT2D eigenvalue weighted by Gasteiger charge is -2.07. The molecule has 6 nitrogen and oxygen atoms in total. The smallest absolute Gasteiger partial charge is 0.251 e. The van der Waals surface area contributed by atoms with Crippen LogP contribution in [-0.4, -0.2) is 27.2 Å². The van der Waals surface area contributed by atoms with Gasteiger partial charge in [0.05, 0.1) is 24.1 Å². The number of rotatable bonds is 5. The fraction of sp³-hybridized carbons (Fsp3) is 0.235. The third kappa shape index (κ3) is 3.15. The third-order valence-corrected chi connectivity index (χ3v) is 3.70. The molecule has 118 valence electrons. The molecule has 3 aromatic heterocycles. The molecule has 3 aromatic rings. The first-order valence-electron chi connectivity index (χ1n) is 7.43. The van der Waals surface area contributed by atoms with Crippen molar-refractivity contribution in [2.45, 2.75) is 20.4 Å². The molecule has 6 heteroatoms. The Kier molecular flexibility index (Phi) is 4.23. The zero-order valence-corrected chi connectivity index (χ0v) is 13.1. The fourth-order valence-electron chi connectivity index (χ4n) is 2.57. The van der Waals surface area contributed by atoms with Crippen LogP contribution in [0.15, 0.2) is 47.3 Å². The summed E-state index contributed by atoms with van der Waals surface area (Å²) in [5.74, 6) is 0.701. The van der Waals surface area contributed by atoms with Crippen LogP contribution in [0.1, 0.15) is 21.7 Å². The van der Waals surface area contributed by atoms with Crippen molar-refractivity contribution in [3.63, 3.8) is 0 Å². The molecular formula is C17H18N4O2. The van der Waals surface area contributed by atoms with Crippen molar-refractivity contribution in [1.82, 2.24) is 20.1 Å². The molecule has 3 heterocycles. The molecule has 0 radical (unpaired) electrons. The molecule has 0 aliphatic carbocycles. The van der Waals surface area contributed by atoms with Gasteiger partial charge in [0.25, 0.3) is 5.91 Å². The third-order valence-electron chi connectivity index (χ3n) is 3.70. The van der Waals surface area contributed by atoms with Crippen molar-refractivity contribution in [1.29, 1.82) is 0 Å². The highest BCUT2D eigenvalue weighted by Gasteiger charge is 2.15. The van der Waals surface area contributed by atoms with Crippen LogP contribution in [0.3, 0.4) is 0 Å². The molecule has 0 atom stereocenters. The largest absolute Gasteiger partial charge is 0.464 e. The summed E-state index contributed by atoms with van der Waals surface area (Å²) in [6.07, 6.45) is 4.86. The molecule has 0 unspecified atom stereocenters. The van der Waals surface area contributed by atoms with Gasteiger partial charge in [-0.15, -0.1) is 0 Å². The van der Waals surface area contributed by atoms with Crippen LogP contribution in [0.5, 0.6) is 0 Å². The Morgan fingerprint density at radius 1 is 1.26 bits per heavy atom. The first kappa shape index (κ1) is 15.0. The molecule has 0 aliphatic heterocycles. The number of pyridine rings is 1. The normalized spacial score (nSPS) is 10.7. The molecule has 0 bridgehead atoms. The zero-order chi connectivity index (χ0) is 16.2.